The van der Waals surface area contributed by atoms with Gasteiger partial charge in [-0.25, -0.2) is 0 Å². The zero-order chi connectivity index (χ0) is 10.1. The molecule has 1 aliphatic carbocycles. The molecule has 0 aliphatic heterocycles. The maximum atomic E-state index is 11.0. The molecule has 0 saturated carbocycles. The van der Waals surface area contributed by atoms with Gasteiger partial charge >= 0.3 is 0 Å². The van der Waals surface area contributed by atoms with Gasteiger partial charge in [0.25, 0.3) is 0 Å². The van der Waals surface area contributed by atoms with Crippen LogP contribution in [0.1, 0.15) is 24.1 Å². The fourth-order valence-electron chi connectivity index (χ4n) is 1.93. The molecule has 1 amide bonds. The Kier molecular flexibility index (Phi) is 2.76. The van der Waals surface area contributed by atoms with E-state index >= 15 is 0 Å². The Morgan fingerprint density at radius 2 is 2.21 bits per heavy atom. The summed E-state index contributed by atoms with van der Waals surface area (Å²) in [5.74, 6) is 0.0494. The molecule has 3 heteroatoms. The zero-order valence-corrected chi connectivity index (χ0v) is 10.1. The van der Waals surface area contributed by atoms with Crippen LogP contribution in [0.5, 0.6) is 0 Å². The second kappa shape index (κ2) is 3.88. The first-order chi connectivity index (χ1) is 6.68. The molecule has 0 saturated heterocycles. The van der Waals surface area contributed by atoms with E-state index in [2.05, 4.69) is 46.1 Å². The van der Waals surface area contributed by atoms with Crippen LogP contribution in [0.3, 0.4) is 0 Å². The van der Waals surface area contributed by atoms with Gasteiger partial charge in [-0.3, -0.25) is 4.79 Å². The summed E-state index contributed by atoms with van der Waals surface area (Å²) in [6.07, 6.45) is 1.06. The van der Waals surface area contributed by atoms with Crippen LogP contribution < -0.4 is 5.32 Å². The number of amides is 1. The molecule has 1 aromatic carbocycles. The van der Waals surface area contributed by atoms with Gasteiger partial charge < -0.3 is 5.32 Å². The van der Waals surface area contributed by atoms with Gasteiger partial charge in [0.05, 0.1) is 6.04 Å². The van der Waals surface area contributed by atoms with Crippen LogP contribution in [-0.2, 0) is 11.2 Å². The summed E-state index contributed by atoms with van der Waals surface area (Å²) in [5, 5.41) is 3.00. The standard InChI is InChI=1S/C11H12INO/c1-7(14)13-11-9-5-3-2-4-8(9)6-10(11)12/h2-5,10-11H,6H2,1H3,(H,13,14)/t10-,11+/m0/s1. The lowest BCUT2D eigenvalue weighted by Gasteiger charge is -2.16. The van der Waals surface area contributed by atoms with Crippen molar-refractivity contribution in [3.8, 4) is 0 Å². The summed E-state index contributed by atoms with van der Waals surface area (Å²) < 4.78 is 0.480. The summed E-state index contributed by atoms with van der Waals surface area (Å²) >= 11 is 2.41. The van der Waals surface area contributed by atoms with Gasteiger partial charge in [0.1, 0.15) is 0 Å². The molecule has 14 heavy (non-hydrogen) atoms. The Hall–Kier alpha value is -0.580. The topological polar surface area (TPSA) is 29.1 Å². The lowest BCUT2D eigenvalue weighted by molar-refractivity contribution is -0.119. The van der Waals surface area contributed by atoms with Crippen molar-refractivity contribution in [2.75, 3.05) is 0 Å². The van der Waals surface area contributed by atoms with Crippen LogP contribution in [0.15, 0.2) is 24.3 Å². The van der Waals surface area contributed by atoms with Crippen molar-refractivity contribution < 1.29 is 4.79 Å². The predicted octanol–water partition coefficient (Wildman–Crippen LogP) is 2.22. The maximum absolute atomic E-state index is 11.0. The average molecular weight is 301 g/mol. The van der Waals surface area contributed by atoms with E-state index in [4.69, 9.17) is 0 Å². The number of fused-ring (bicyclic) bond motifs is 1. The maximum Gasteiger partial charge on any atom is 0.217 e. The Morgan fingerprint density at radius 1 is 1.50 bits per heavy atom. The SMILES string of the molecule is CC(=O)N[C@@H]1c2ccccc2C[C@@H]1I. The molecule has 2 atom stereocenters. The largest absolute Gasteiger partial charge is 0.348 e. The third kappa shape index (κ3) is 1.78. The summed E-state index contributed by atoms with van der Waals surface area (Å²) in [6, 6.07) is 8.53. The Balaban J connectivity index is 2.30. The zero-order valence-electron chi connectivity index (χ0n) is 7.96. The molecule has 2 rings (SSSR count). The molecule has 1 aliphatic rings. The molecular formula is C11H12INO. The van der Waals surface area contributed by atoms with Crippen LogP contribution in [0.4, 0.5) is 0 Å². The van der Waals surface area contributed by atoms with E-state index in [1.165, 1.54) is 11.1 Å². The van der Waals surface area contributed by atoms with Gasteiger partial charge in [0, 0.05) is 10.8 Å². The van der Waals surface area contributed by atoms with Crippen molar-refractivity contribution in [2.45, 2.75) is 23.3 Å². The molecule has 0 spiro atoms. The third-order valence-corrected chi connectivity index (χ3v) is 3.69. The van der Waals surface area contributed by atoms with Gasteiger partial charge in [-0.2, -0.15) is 0 Å². The van der Waals surface area contributed by atoms with Crippen molar-refractivity contribution in [1.29, 1.82) is 0 Å². The third-order valence-electron chi connectivity index (χ3n) is 2.53. The van der Waals surface area contributed by atoms with Gasteiger partial charge in [-0.05, 0) is 17.5 Å². The number of hydrogen-bond acceptors (Lipinski definition) is 1. The van der Waals surface area contributed by atoms with E-state index < -0.39 is 0 Å². The van der Waals surface area contributed by atoms with Crippen molar-refractivity contribution in [3.05, 3.63) is 35.4 Å². The Bertz CT molecular complexity index is 364. The Labute approximate surface area is 97.2 Å². The van der Waals surface area contributed by atoms with Crippen LogP contribution in [0, 0.1) is 0 Å². The first kappa shape index (κ1) is 9.96. The van der Waals surface area contributed by atoms with Crippen LogP contribution in [-0.4, -0.2) is 9.83 Å². The first-order valence-corrected chi connectivity index (χ1v) is 5.92. The average Bonchev–Trinajstić information content (AvgIpc) is 2.43. The smallest absolute Gasteiger partial charge is 0.217 e. The van der Waals surface area contributed by atoms with E-state index in [9.17, 15) is 4.79 Å². The van der Waals surface area contributed by atoms with Crippen molar-refractivity contribution in [3.63, 3.8) is 0 Å². The van der Waals surface area contributed by atoms with Gasteiger partial charge in [0.2, 0.25) is 5.91 Å². The van der Waals surface area contributed by atoms with E-state index in [-0.39, 0.29) is 11.9 Å². The number of nitrogens with one attached hydrogen (secondary N) is 1. The first-order valence-electron chi connectivity index (χ1n) is 4.67. The number of alkyl halides is 1. The molecule has 74 valence electrons. The number of rotatable bonds is 1. The molecule has 2 nitrogen and oxygen atoms in total. The van der Waals surface area contributed by atoms with Gasteiger partial charge in [-0.1, -0.05) is 46.9 Å². The normalized spacial score (nSPS) is 24.4. The van der Waals surface area contributed by atoms with Crippen LogP contribution in [0.25, 0.3) is 0 Å². The van der Waals surface area contributed by atoms with Crippen LogP contribution >= 0.6 is 22.6 Å². The molecular weight excluding hydrogens is 289 g/mol. The lowest BCUT2D eigenvalue weighted by Crippen LogP contribution is -2.29. The number of benzene rings is 1. The van der Waals surface area contributed by atoms with Crippen molar-refractivity contribution >= 4 is 28.5 Å². The minimum Gasteiger partial charge on any atom is -0.348 e. The molecule has 0 aromatic heterocycles. The fourth-order valence-corrected chi connectivity index (χ4v) is 2.98. The molecule has 1 N–H and O–H groups in total. The molecule has 1 aromatic rings. The minimum atomic E-state index is 0.0494. The predicted molar refractivity (Wildman–Crippen MR) is 64.5 cm³/mol. The highest BCUT2D eigenvalue weighted by Gasteiger charge is 2.30. The molecule has 0 heterocycles. The van der Waals surface area contributed by atoms with Crippen molar-refractivity contribution in [2.24, 2.45) is 0 Å². The number of carbonyl (C=O) groups is 1. The molecule has 0 radical (unpaired) electrons. The highest BCUT2D eigenvalue weighted by molar-refractivity contribution is 14.1. The van der Waals surface area contributed by atoms with Crippen molar-refractivity contribution in [1.82, 2.24) is 5.32 Å². The second-order valence-corrected chi connectivity index (χ2v) is 5.20. The van der Waals surface area contributed by atoms with Gasteiger partial charge in [0.15, 0.2) is 0 Å². The van der Waals surface area contributed by atoms with E-state index in [0.29, 0.717) is 3.92 Å². The van der Waals surface area contributed by atoms with Crippen LogP contribution in [0.2, 0.25) is 0 Å². The van der Waals surface area contributed by atoms with E-state index in [0.717, 1.165) is 6.42 Å². The summed E-state index contributed by atoms with van der Waals surface area (Å²) in [6.45, 7) is 1.57. The molecule has 0 fully saturated rings. The summed E-state index contributed by atoms with van der Waals surface area (Å²) in [7, 11) is 0. The molecule has 0 bridgehead atoms. The Morgan fingerprint density at radius 3 is 2.93 bits per heavy atom. The number of halogens is 1. The lowest BCUT2D eigenvalue weighted by atomic mass is 10.1. The summed E-state index contributed by atoms with van der Waals surface area (Å²) in [5.41, 5.74) is 2.65. The van der Waals surface area contributed by atoms with E-state index in [1.54, 1.807) is 6.92 Å². The van der Waals surface area contributed by atoms with E-state index in [1.807, 2.05) is 6.07 Å². The highest BCUT2D eigenvalue weighted by Crippen LogP contribution is 2.35. The monoisotopic (exact) mass is 301 g/mol. The number of carbonyl (C=O) groups excluding carboxylic acids is 1. The second-order valence-electron chi connectivity index (χ2n) is 3.60. The molecule has 0 unspecified atom stereocenters. The number of hydrogen-bond donors (Lipinski definition) is 1. The minimum absolute atomic E-state index is 0.0494. The quantitative estimate of drug-likeness (QED) is 0.625. The fraction of sp³-hybridized carbons (Fsp3) is 0.364. The van der Waals surface area contributed by atoms with Gasteiger partial charge in [-0.15, -0.1) is 0 Å². The highest BCUT2D eigenvalue weighted by atomic mass is 127. The summed E-state index contributed by atoms with van der Waals surface area (Å²) in [4.78, 5) is 11.0.